The molecule has 0 unspecified atom stereocenters. The Morgan fingerprint density at radius 3 is 2.26 bits per heavy atom. The number of methoxy groups -OCH3 is 4. The molecular formula is C23H25N3O4S. The van der Waals surface area contributed by atoms with Gasteiger partial charge < -0.3 is 18.9 Å². The van der Waals surface area contributed by atoms with Gasteiger partial charge in [0.1, 0.15) is 11.5 Å². The number of ether oxygens (including phenoxy) is 4. The number of thiazole rings is 1. The Balaban J connectivity index is 1.72. The summed E-state index contributed by atoms with van der Waals surface area (Å²) in [5.74, 6) is 2.78. The number of nitrogens with one attached hydrogen (secondary N) is 1. The van der Waals surface area contributed by atoms with Crippen molar-refractivity contribution >= 4 is 28.3 Å². The second-order valence-corrected chi connectivity index (χ2v) is 7.25. The van der Waals surface area contributed by atoms with E-state index in [0.717, 1.165) is 22.5 Å². The predicted molar refractivity (Wildman–Crippen MR) is 126 cm³/mol. The molecule has 1 heterocycles. The van der Waals surface area contributed by atoms with Crippen LogP contribution >= 0.6 is 11.3 Å². The zero-order chi connectivity index (χ0) is 22.2. The van der Waals surface area contributed by atoms with Crippen molar-refractivity contribution in [3.05, 3.63) is 53.4 Å². The number of allylic oxidation sites excluding steroid dienone is 1. The Morgan fingerprint density at radius 2 is 1.61 bits per heavy atom. The van der Waals surface area contributed by atoms with Crippen LogP contribution in [0.5, 0.6) is 23.0 Å². The fourth-order valence-electron chi connectivity index (χ4n) is 2.89. The van der Waals surface area contributed by atoms with Crippen LogP contribution in [0.4, 0.5) is 5.13 Å². The average molecular weight is 440 g/mol. The van der Waals surface area contributed by atoms with Gasteiger partial charge in [0.2, 0.25) is 5.13 Å². The standard InChI is InChI=1S/C23H25N3O4S/c1-15(9-10-16-11-12-18(27-2)21(13-16)30-5)25-26-23-24-17(14-31-23)22-19(28-3)7-6-8-20(22)29-4/h6-14H,1-5H3,(H,24,26)/b10-9+,25-15+. The van der Waals surface area contributed by atoms with Gasteiger partial charge in [0.05, 0.1) is 45.4 Å². The fraction of sp³-hybridized carbons (Fsp3) is 0.217. The molecule has 0 aliphatic heterocycles. The molecule has 0 aliphatic carbocycles. The van der Waals surface area contributed by atoms with E-state index in [1.54, 1.807) is 28.4 Å². The molecule has 1 N–H and O–H groups in total. The molecule has 3 rings (SSSR count). The van der Waals surface area contributed by atoms with Crippen LogP contribution in [0.2, 0.25) is 0 Å². The number of nitrogens with zero attached hydrogens (tertiary/aromatic N) is 2. The highest BCUT2D eigenvalue weighted by molar-refractivity contribution is 7.14. The first kappa shape index (κ1) is 22.2. The summed E-state index contributed by atoms with van der Waals surface area (Å²) in [5.41, 5.74) is 6.35. The lowest BCUT2D eigenvalue weighted by Crippen LogP contribution is -1.95. The monoisotopic (exact) mass is 439 g/mol. The van der Waals surface area contributed by atoms with E-state index in [9.17, 15) is 0 Å². The molecule has 0 saturated carbocycles. The van der Waals surface area contributed by atoms with E-state index in [1.165, 1.54) is 11.3 Å². The minimum Gasteiger partial charge on any atom is -0.496 e. The van der Waals surface area contributed by atoms with Gasteiger partial charge in [0.15, 0.2) is 11.5 Å². The maximum Gasteiger partial charge on any atom is 0.203 e. The summed E-state index contributed by atoms with van der Waals surface area (Å²) < 4.78 is 21.5. The second-order valence-electron chi connectivity index (χ2n) is 6.39. The number of hydrogen-bond acceptors (Lipinski definition) is 8. The molecule has 1 aromatic heterocycles. The minimum atomic E-state index is 0.668. The van der Waals surface area contributed by atoms with Crippen LogP contribution in [0.25, 0.3) is 17.3 Å². The third kappa shape index (κ3) is 5.35. The predicted octanol–water partition coefficient (Wildman–Crippen LogP) is 5.35. The maximum atomic E-state index is 5.47. The van der Waals surface area contributed by atoms with Crippen molar-refractivity contribution in [2.45, 2.75) is 6.92 Å². The highest BCUT2D eigenvalue weighted by Crippen LogP contribution is 2.39. The molecule has 162 valence electrons. The number of hydrazone groups is 1. The molecule has 7 nitrogen and oxygen atoms in total. The highest BCUT2D eigenvalue weighted by Gasteiger charge is 2.15. The zero-order valence-corrected chi connectivity index (χ0v) is 18.9. The van der Waals surface area contributed by atoms with Crippen molar-refractivity contribution in [3.63, 3.8) is 0 Å². The Labute approximate surface area is 186 Å². The first-order valence-corrected chi connectivity index (χ1v) is 10.3. The molecule has 31 heavy (non-hydrogen) atoms. The molecule has 0 bridgehead atoms. The largest absolute Gasteiger partial charge is 0.496 e. The van der Waals surface area contributed by atoms with Crippen molar-refractivity contribution in [2.75, 3.05) is 33.9 Å². The van der Waals surface area contributed by atoms with Gasteiger partial charge in [0.25, 0.3) is 0 Å². The Kier molecular flexibility index (Phi) is 7.50. The average Bonchev–Trinajstić information content (AvgIpc) is 3.29. The molecule has 0 aliphatic rings. The van der Waals surface area contributed by atoms with Gasteiger partial charge in [-0.05, 0) is 42.8 Å². The summed E-state index contributed by atoms with van der Waals surface area (Å²) in [5, 5.41) is 6.99. The van der Waals surface area contributed by atoms with E-state index in [0.29, 0.717) is 28.1 Å². The van der Waals surface area contributed by atoms with Gasteiger partial charge in [-0.15, -0.1) is 11.3 Å². The van der Waals surface area contributed by atoms with Crippen molar-refractivity contribution < 1.29 is 18.9 Å². The van der Waals surface area contributed by atoms with Crippen LogP contribution in [0.3, 0.4) is 0 Å². The van der Waals surface area contributed by atoms with Crippen LogP contribution in [-0.4, -0.2) is 39.1 Å². The number of benzene rings is 2. The smallest absolute Gasteiger partial charge is 0.203 e. The third-order valence-corrected chi connectivity index (χ3v) is 5.19. The first-order chi connectivity index (χ1) is 15.1. The van der Waals surface area contributed by atoms with E-state index >= 15 is 0 Å². The Hall–Kier alpha value is -3.52. The van der Waals surface area contributed by atoms with E-state index < -0.39 is 0 Å². The lowest BCUT2D eigenvalue weighted by atomic mass is 10.1. The number of rotatable bonds is 9. The highest BCUT2D eigenvalue weighted by atomic mass is 32.1. The number of hydrogen-bond donors (Lipinski definition) is 1. The van der Waals surface area contributed by atoms with Crippen molar-refractivity contribution in [3.8, 4) is 34.3 Å². The Bertz CT molecular complexity index is 1070. The van der Waals surface area contributed by atoms with Gasteiger partial charge in [0, 0.05) is 5.38 Å². The van der Waals surface area contributed by atoms with Crippen LogP contribution in [0.15, 0.2) is 53.0 Å². The summed E-state index contributed by atoms with van der Waals surface area (Å²) in [6, 6.07) is 11.4. The van der Waals surface area contributed by atoms with Crippen LogP contribution in [0, 0.1) is 0 Å². The van der Waals surface area contributed by atoms with Gasteiger partial charge >= 0.3 is 0 Å². The normalized spacial score (nSPS) is 11.5. The van der Waals surface area contributed by atoms with Crippen LogP contribution in [-0.2, 0) is 0 Å². The molecule has 3 aromatic rings. The fourth-order valence-corrected chi connectivity index (χ4v) is 3.53. The second kappa shape index (κ2) is 10.5. The van der Waals surface area contributed by atoms with Crippen molar-refractivity contribution in [1.29, 1.82) is 0 Å². The maximum absolute atomic E-state index is 5.47. The van der Waals surface area contributed by atoms with E-state index in [-0.39, 0.29) is 0 Å². The first-order valence-electron chi connectivity index (χ1n) is 9.47. The SMILES string of the molecule is COc1ccc(/C=C/C(C)=N/Nc2nc(-c3c(OC)cccc3OC)cs2)cc1OC. The van der Waals surface area contributed by atoms with Gasteiger partial charge in [-0.25, -0.2) is 4.98 Å². The van der Waals surface area contributed by atoms with E-state index in [2.05, 4.69) is 15.5 Å². The number of anilines is 1. The topological polar surface area (TPSA) is 74.2 Å². The van der Waals surface area contributed by atoms with Crippen LogP contribution < -0.4 is 24.4 Å². The summed E-state index contributed by atoms with van der Waals surface area (Å²) >= 11 is 1.45. The molecule has 0 amide bonds. The van der Waals surface area contributed by atoms with E-state index in [4.69, 9.17) is 18.9 Å². The van der Waals surface area contributed by atoms with Crippen molar-refractivity contribution in [2.24, 2.45) is 5.10 Å². The lowest BCUT2D eigenvalue weighted by molar-refractivity contribution is 0.355. The molecule has 0 radical (unpaired) electrons. The quantitative estimate of drug-likeness (QED) is 0.358. The molecule has 0 atom stereocenters. The molecule has 0 saturated heterocycles. The summed E-state index contributed by atoms with van der Waals surface area (Å²) in [6.07, 6.45) is 3.86. The zero-order valence-electron chi connectivity index (χ0n) is 18.1. The van der Waals surface area contributed by atoms with Gasteiger partial charge in [-0.2, -0.15) is 5.10 Å². The van der Waals surface area contributed by atoms with Crippen molar-refractivity contribution in [1.82, 2.24) is 4.98 Å². The molecule has 2 aromatic carbocycles. The molecule has 8 heteroatoms. The van der Waals surface area contributed by atoms with E-state index in [1.807, 2.05) is 60.9 Å². The molecular weight excluding hydrogens is 414 g/mol. The molecule has 0 fully saturated rings. The van der Waals surface area contributed by atoms with Gasteiger partial charge in [-0.3, -0.25) is 5.43 Å². The molecule has 0 spiro atoms. The minimum absolute atomic E-state index is 0.668. The Morgan fingerprint density at radius 1 is 0.935 bits per heavy atom. The summed E-state index contributed by atoms with van der Waals surface area (Å²) in [6.45, 7) is 1.90. The third-order valence-electron chi connectivity index (χ3n) is 4.44. The summed E-state index contributed by atoms with van der Waals surface area (Å²) in [7, 11) is 6.49. The summed E-state index contributed by atoms with van der Waals surface area (Å²) in [4.78, 5) is 4.62. The number of aromatic nitrogens is 1. The van der Waals surface area contributed by atoms with Crippen LogP contribution in [0.1, 0.15) is 12.5 Å². The lowest BCUT2D eigenvalue weighted by Gasteiger charge is -2.10. The van der Waals surface area contributed by atoms with Gasteiger partial charge in [-0.1, -0.05) is 18.2 Å².